The van der Waals surface area contributed by atoms with Crippen molar-refractivity contribution in [3.05, 3.63) is 24.5 Å². The van der Waals surface area contributed by atoms with Gasteiger partial charge in [0.1, 0.15) is 0 Å². The second-order valence-corrected chi connectivity index (χ2v) is 8.53. The molecule has 2 aromatic rings. The Morgan fingerprint density at radius 2 is 1.79 bits per heavy atom. The van der Waals surface area contributed by atoms with Gasteiger partial charge in [-0.25, -0.2) is 0 Å². The highest BCUT2D eigenvalue weighted by Crippen LogP contribution is 2.29. The molecule has 2 aliphatic rings. The van der Waals surface area contributed by atoms with E-state index in [9.17, 15) is 9.59 Å². The molecule has 0 unspecified atom stereocenters. The number of nitrogens with zero attached hydrogens (tertiary/aromatic N) is 5. The number of carbonyl (C=O) groups excluding carboxylic acids is 2. The van der Waals surface area contributed by atoms with Crippen LogP contribution in [0.15, 0.2) is 24.5 Å². The summed E-state index contributed by atoms with van der Waals surface area (Å²) in [5.41, 5.74) is 0. The fourth-order valence-electron chi connectivity index (χ4n) is 4.11. The number of aromatic nitrogens is 3. The van der Waals surface area contributed by atoms with Gasteiger partial charge in [0, 0.05) is 38.6 Å². The van der Waals surface area contributed by atoms with E-state index in [4.69, 9.17) is 4.74 Å². The van der Waals surface area contributed by atoms with Crippen LogP contribution >= 0.6 is 11.3 Å². The van der Waals surface area contributed by atoms with Gasteiger partial charge in [0.15, 0.2) is 0 Å². The Balaban J connectivity index is 1.34. The SMILES string of the molecule is CCOC(=O)C1CCN(C(=O)[C@@H]2CCCN(c3nnc(-n4cccc4)s3)C2)CC1. The Hall–Kier alpha value is -2.42. The maximum Gasteiger partial charge on any atom is 0.309 e. The summed E-state index contributed by atoms with van der Waals surface area (Å²) in [5, 5.41) is 10.3. The van der Waals surface area contributed by atoms with Crippen LogP contribution in [0.1, 0.15) is 32.6 Å². The van der Waals surface area contributed by atoms with E-state index < -0.39 is 0 Å². The molecule has 0 spiro atoms. The highest BCUT2D eigenvalue weighted by molar-refractivity contribution is 7.17. The molecule has 0 saturated carbocycles. The van der Waals surface area contributed by atoms with Gasteiger partial charge >= 0.3 is 5.97 Å². The van der Waals surface area contributed by atoms with Crippen LogP contribution in [0.2, 0.25) is 0 Å². The Morgan fingerprint density at radius 1 is 1.07 bits per heavy atom. The van der Waals surface area contributed by atoms with Crippen LogP contribution in [0.25, 0.3) is 5.13 Å². The van der Waals surface area contributed by atoms with Gasteiger partial charge in [0.2, 0.25) is 16.2 Å². The first-order valence-electron chi connectivity index (χ1n) is 10.3. The first-order chi connectivity index (χ1) is 14.2. The van der Waals surface area contributed by atoms with Crippen molar-refractivity contribution in [2.75, 3.05) is 37.7 Å². The zero-order valence-corrected chi connectivity index (χ0v) is 17.5. The standard InChI is InChI=1S/C20H27N5O3S/c1-2-28-18(27)15-7-12-23(13-8-15)17(26)16-6-5-11-25(14-16)20-22-21-19(29-20)24-9-3-4-10-24/h3-4,9-10,15-16H,2,5-8,11-14H2,1H3/t16-/m1/s1. The Bertz CT molecular complexity index is 829. The number of hydrogen-bond acceptors (Lipinski definition) is 7. The van der Waals surface area contributed by atoms with Crippen molar-refractivity contribution >= 4 is 28.3 Å². The van der Waals surface area contributed by atoms with Crippen molar-refractivity contribution in [2.24, 2.45) is 11.8 Å². The van der Waals surface area contributed by atoms with Gasteiger partial charge in [-0.15, -0.1) is 10.2 Å². The number of amides is 1. The number of esters is 1. The summed E-state index contributed by atoms with van der Waals surface area (Å²) < 4.78 is 7.07. The zero-order valence-electron chi connectivity index (χ0n) is 16.7. The average molecular weight is 418 g/mol. The van der Waals surface area contributed by atoms with Crippen molar-refractivity contribution in [2.45, 2.75) is 32.6 Å². The number of likely N-dealkylation sites (tertiary alicyclic amines) is 1. The lowest BCUT2D eigenvalue weighted by molar-refractivity contribution is -0.151. The number of rotatable bonds is 5. The number of hydrogen-bond donors (Lipinski definition) is 0. The molecule has 9 heteroatoms. The van der Waals surface area contributed by atoms with Gasteiger partial charge in [0.25, 0.3) is 0 Å². The molecule has 0 aliphatic carbocycles. The average Bonchev–Trinajstić information content (AvgIpc) is 3.45. The number of piperidine rings is 2. The van der Waals surface area contributed by atoms with E-state index in [1.165, 1.54) is 0 Å². The van der Waals surface area contributed by atoms with Crippen molar-refractivity contribution in [3.8, 4) is 5.13 Å². The van der Waals surface area contributed by atoms with E-state index >= 15 is 0 Å². The summed E-state index contributed by atoms with van der Waals surface area (Å²) in [4.78, 5) is 29.1. The second-order valence-electron chi connectivity index (χ2n) is 7.59. The van der Waals surface area contributed by atoms with Gasteiger partial charge in [0.05, 0.1) is 18.4 Å². The molecule has 4 rings (SSSR count). The van der Waals surface area contributed by atoms with Crippen LogP contribution in [-0.2, 0) is 14.3 Å². The summed E-state index contributed by atoms with van der Waals surface area (Å²) in [5.74, 6) is -0.0254. The lowest BCUT2D eigenvalue weighted by atomic mass is 9.93. The molecule has 0 bridgehead atoms. The molecule has 0 N–H and O–H groups in total. The van der Waals surface area contributed by atoms with E-state index in [1.54, 1.807) is 11.3 Å². The van der Waals surface area contributed by atoms with Crippen LogP contribution in [0.4, 0.5) is 5.13 Å². The molecule has 0 radical (unpaired) electrons. The van der Waals surface area contributed by atoms with Gasteiger partial charge in [-0.05, 0) is 44.7 Å². The predicted octanol–water partition coefficient (Wildman–Crippen LogP) is 2.35. The van der Waals surface area contributed by atoms with Crippen LogP contribution in [-0.4, -0.2) is 64.3 Å². The van der Waals surface area contributed by atoms with Gasteiger partial charge in [-0.3, -0.25) is 14.2 Å². The van der Waals surface area contributed by atoms with Crippen LogP contribution in [0.3, 0.4) is 0 Å². The molecule has 2 aromatic heterocycles. The third-order valence-corrected chi connectivity index (χ3v) is 6.69. The van der Waals surface area contributed by atoms with Crippen LogP contribution in [0, 0.1) is 11.8 Å². The third kappa shape index (κ3) is 4.44. The molecule has 2 saturated heterocycles. The number of anilines is 1. The molecule has 29 heavy (non-hydrogen) atoms. The maximum atomic E-state index is 13.1. The quantitative estimate of drug-likeness (QED) is 0.695. The van der Waals surface area contributed by atoms with E-state index in [0.29, 0.717) is 39.1 Å². The topological polar surface area (TPSA) is 80.6 Å². The molecule has 1 atom stereocenters. The molecule has 4 heterocycles. The highest BCUT2D eigenvalue weighted by Gasteiger charge is 2.34. The maximum absolute atomic E-state index is 13.1. The lowest BCUT2D eigenvalue weighted by Crippen LogP contribution is -2.48. The minimum Gasteiger partial charge on any atom is -0.466 e. The smallest absolute Gasteiger partial charge is 0.309 e. The van der Waals surface area contributed by atoms with E-state index in [0.717, 1.165) is 29.6 Å². The first kappa shape index (κ1) is 19.9. The summed E-state index contributed by atoms with van der Waals surface area (Å²) in [7, 11) is 0. The highest BCUT2D eigenvalue weighted by atomic mass is 32.1. The van der Waals surface area contributed by atoms with E-state index in [-0.39, 0.29) is 23.7 Å². The largest absolute Gasteiger partial charge is 0.466 e. The summed E-state index contributed by atoms with van der Waals surface area (Å²) in [6, 6.07) is 3.92. The molecular weight excluding hydrogens is 390 g/mol. The number of ether oxygens (including phenoxy) is 1. The summed E-state index contributed by atoms with van der Waals surface area (Å²) in [6.07, 6.45) is 7.15. The molecule has 2 fully saturated rings. The Kier molecular flexibility index (Phi) is 6.13. The van der Waals surface area contributed by atoms with Gasteiger partial charge in [-0.1, -0.05) is 11.3 Å². The molecule has 1 amide bonds. The normalized spacial score (nSPS) is 20.7. The van der Waals surface area contributed by atoms with E-state index in [2.05, 4.69) is 15.1 Å². The third-order valence-electron chi connectivity index (χ3n) is 5.70. The lowest BCUT2D eigenvalue weighted by Gasteiger charge is -2.37. The van der Waals surface area contributed by atoms with Crippen molar-refractivity contribution in [1.82, 2.24) is 19.7 Å². The fourth-order valence-corrected chi connectivity index (χ4v) is 4.96. The van der Waals surface area contributed by atoms with Gasteiger partial charge in [-0.2, -0.15) is 0 Å². The number of carbonyl (C=O) groups is 2. The van der Waals surface area contributed by atoms with Crippen molar-refractivity contribution in [1.29, 1.82) is 0 Å². The minimum absolute atomic E-state index is 0.0261. The first-order valence-corrected chi connectivity index (χ1v) is 11.1. The Morgan fingerprint density at radius 3 is 2.52 bits per heavy atom. The predicted molar refractivity (Wildman–Crippen MR) is 110 cm³/mol. The molecule has 0 aromatic carbocycles. The Labute approximate surface area is 174 Å². The summed E-state index contributed by atoms with van der Waals surface area (Å²) >= 11 is 1.54. The van der Waals surface area contributed by atoms with Crippen LogP contribution < -0.4 is 4.90 Å². The van der Waals surface area contributed by atoms with E-state index in [1.807, 2.05) is 40.9 Å². The molecule has 2 aliphatic heterocycles. The summed E-state index contributed by atoms with van der Waals surface area (Å²) in [6.45, 7) is 5.08. The molecule has 156 valence electrons. The van der Waals surface area contributed by atoms with Gasteiger partial charge < -0.3 is 14.5 Å². The zero-order chi connectivity index (χ0) is 20.2. The molecule has 8 nitrogen and oxygen atoms in total. The molecular formula is C20H27N5O3S. The monoisotopic (exact) mass is 417 g/mol. The van der Waals surface area contributed by atoms with Crippen molar-refractivity contribution < 1.29 is 14.3 Å². The van der Waals surface area contributed by atoms with Crippen molar-refractivity contribution in [3.63, 3.8) is 0 Å². The minimum atomic E-state index is -0.127. The fraction of sp³-hybridized carbons (Fsp3) is 0.600. The van der Waals surface area contributed by atoms with Crippen LogP contribution in [0.5, 0.6) is 0 Å². The second kappa shape index (κ2) is 8.94.